The standard InChI is InChI=1S/C7H12N3/c1-7(2,6-8)10-5-3-4-9-10/h4-5H,6,8H2,1-2H3. The Hall–Kier alpha value is -0.830. The molecular weight excluding hydrogens is 126 g/mol. The predicted octanol–water partition coefficient (Wildman–Crippen LogP) is 0.377. The van der Waals surface area contributed by atoms with E-state index in [1.807, 2.05) is 18.5 Å². The predicted molar refractivity (Wildman–Crippen MR) is 39.4 cm³/mol. The van der Waals surface area contributed by atoms with Crippen LogP contribution < -0.4 is 5.73 Å². The van der Waals surface area contributed by atoms with Crippen molar-refractivity contribution in [2.45, 2.75) is 19.4 Å². The lowest BCUT2D eigenvalue weighted by molar-refractivity contribution is 0.330. The first-order chi connectivity index (χ1) is 4.67. The zero-order chi connectivity index (χ0) is 7.61. The lowest BCUT2D eigenvalue weighted by atomic mass is 10.1. The van der Waals surface area contributed by atoms with Crippen LogP contribution >= 0.6 is 0 Å². The molecule has 0 atom stereocenters. The second kappa shape index (κ2) is 2.42. The minimum atomic E-state index is -0.0833. The van der Waals surface area contributed by atoms with Crippen molar-refractivity contribution in [3.63, 3.8) is 0 Å². The van der Waals surface area contributed by atoms with Crippen LogP contribution in [0.5, 0.6) is 0 Å². The Morgan fingerprint density at radius 2 is 2.40 bits per heavy atom. The molecule has 3 heteroatoms. The highest BCUT2D eigenvalue weighted by Crippen LogP contribution is 2.09. The number of hydrogen-bond donors (Lipinski definition) is 1. The van der Waals surface area contributed by atoms with Gasteiger partial charge >= 0.3 is 0 Å². The van der Waals surface area contributed by atoms with Gasteiger partial charge in [-0.05, 0) is 13.8 Å². The van der Waals surface area contributed by atoms with Gasteiger partial charge in [-0.15, -0.1) is 0 Å². The molecular formula is C7H12N3. The van der Waals surface area contributed by atoms with E-state index in [2.05, 4.69) is 11.2 Å². The van der Waals surface area contributed by atoms with Gasteiger partial charge in [-0.1, -0.05) is 0 Å². The SMILES string of the molecule is CC(C)(CN)n1c[c]cn1. The fourth-order valence-corrected chi connectivity index (χ4v) is 0.657. The number of hydrogen-bond acceptors (Lipinski definition) is 2. The van der Waals surface area contributed by atoms with Crippen molar-refractivity contribution in [2.24, 2.45) is 5.73 Å². The summed E-state index contributed by atoms with van der Waals surface area (Å²) in [7, 11) is 0. The Balaban J connectivity index is 2.85. The topological polar surface area (TPSA) is 43.8 Å². The molecule has 1 rings (SSSR count). The minimum Gasteiger partial charge on any atom is -0.328 e. The van der Waals surface area contributed by atoms with Gasteiger partial charge in [0.1, 0.15) is 0 Å². The Morgan fingerprint density at radius 1 is 1.70 bits per heavy atom. The Kier molecular flexibility index (Phi) is 1.76. The molecule has 0 saturated heterocycles. The number of nitrogens with two attached hydrogens (primary N) is 1. The molecule has 0 spiro atoms. The van der Waals surface area contributed by atoms with Crippen LogP contribution in [0.3, 0.4) is 0 Å². The molecule has 0 unspecified atom stereocenters. The maximum absolute atomic E-state index is 5.52. The zero-order valence-corrected chi connectivity index (χ0v) is 6.33. The lowest BCUT2D eigenvalue weighted by Crippen LogP contribution is -2.35. The van der Waals surface area contributed by atoms with Gasteiger partial charge in [0, 0.05) is 18.8 Å². The molecule has 3 nitrogen and oxygen atoms in total. The van der Waals surface area contributed by atoms with E-state index < -0.39 is 0 Å². The van der Waals surface area contributed by atoms with E-state index in [1.54, 1.807) is 12.4 Å². The van der Waals surface area contributed by atoms with Gasteiger partial charge in [0.2, 0.25) is 0 Å². The first-order valence-electron chi connectivity index (χ1n) is 3.28. The maximum atomic E-state index is 5.52. The Morgan fingerprint density at radius 3 is 2.80 bits per heavy atom. The fourth-order valence-electron chi connectivity index (χ4n) is 0.657. The molecule has 0 amide bonds. The smallest absolute Gasteiger partial charge is 0.0693 e. The highest BCUT2D eigenvalue weighted by Gasteiger charge is 2.16. The van der Waals surface area contributed by atoms with Crippen LogP contribution in [-0.4, -0.2) is 16.3 Å². The molecule has 1 aromatic rings. The van der Waals surface area contributed by atoms with E-state index in [-0.39, 0.29) is 5.54 Å². The average molecular weight is 138 g/mol. The van der Waals surface area contributed by atoms with Crippen LogP contribution in [0.15, 0.2) is 12.4 Å². The highest BCUT2D eigenvalue weighted by molar-refractivity contribution is 4.84. The van der Waals surface area contributed by atoms with Crippen molar-refractivity contribution in [1.82, 2.24) is 9.78 Å². The lowest BCUT2D eigenvalue weighted by Gasteiger charge is -2.22. The minimum absolute atomic E-state index is 0.0833. The third-order valence-electron chi connectivity index (χ3n) is 1.57. The van der Waals surface area contributed by atoms with Gasteiger partial charge in [-0.3, -0.25) is 4.68 Å². The van der Waals surface area contributed by atoms with E-state index >= 15 is 0 Å². The molecule has 0 aliphatic carbocycles. The normalized spacial score (nSPS) is 11.9. The molecule has 10 heavy (non-hydrogen) atoms. The van der Waals surface area contributed by atoms with Crippen molar-refractivity contribution < 1.29 is 0 Å². The molecule has 0 aliphatic rings. The molecule has 1 heterocycles. The van der Waals surface area contributed by atoms with Crippen molar-refractivity contribution in [2.75, 3.05) is 6.54 Å². The van der Waals surface area contributed by atoms with Gasteiger partial charge in [-0.25, -0.2) is 0 Å². The Bertz CT molecular complexity index is 189. The first kappa shape index (κ1) is 7.28. The summed E-state index contributed by atoms with van der Waals surface area (Å²) >= 11 is 0. The van der Waals surface area contributed by atoms with Gasteiger partial charge in [0.25, 0.3) is 0 Å². The number of rotatable bonds is 2. The number of aromatic nitrogens is 2. The Labute approximate surface area is 60.8 Å². The monoisotopic (exact) mass is 138 g/mol. The summed E-state index contributed by atoms with van der Waals surface area (Å²) in [5.74, 6) is 0. The zero-order valence-electron chi connectivity index (χ0n) is 6.33. The first-order valence-corrected chi connectivity index (χ1v) is 3.28. The maximum Gasteiger partial charge on any atom is 0.0693 e. The average Bonchev–Trinajstić information content (AvgIpc) is 2.38. The van der Waals surface area contributed by atoms with Crippen LogP contribution in [0.1, 0.15) is 13.8 Å². The largest absolute Gasteiger partial charge is 0.328 e. The molecule has 1 aromatic heterocycles. The molecule has 0 saturated carbocycles. The van der Waals surface area contributed by atoms with Crippen LogP contribution in [0, 0.1) is 6.07 Å². The number of nitrogens with zero attached hydrogens (tertiary/aromatic N) is 2. The van der Waals surface area contributed by atoms with Gasteiger partial charge < -0.3 is 5.73 Å². The van der Waals surface area contributed by atoms with Gasteiger partial charge in [0.15, 0.2) is 0 Å². The summed E-state index contributed by atoms with van der Waals surface area (Å²) in [6, 6.07) is 2.87. The van der Waals surface area contributed by atoms with E-state index in [0.29, 0.717) is 6.54 Å². The molecule has 2 N–H and O–H groups in total. The summed E-state index contributed by atoms with van der Waals surface area (Å²) in [5, 5.41) is 4.04. The van der Waals surface area contributed by atoms with Crippen LogP contribution in [0.4, 0.5) is 0 Å². The molecule has 0 aromatic carbocycles. The van der Waals surface area contributed by atoms with Gasteiger partial charge in [-0.2, -0.15) is 5.10 Å². The summed E-state index contributed by atoms with van der Waals surface area (Å²) in [4.78, 5) is 0. The summed E-state index contributed by atoms with van der Waals surface area (Å²) in [6.45, 7) is 4.66. The second-order valence-corrected chi connectivity index (χ2v) is 2.90. The van der Waals surface area contributed by atoms with E-state index in [9.17, 15) is 0 Å². The van der Waals surface area contributed by atoms with Crippen LogP contribution in [-0.2, 0) is 5.54 Å². The fraction of sp³-hybridized carbons (Fsp3) is 0.571. The third-order valence-corrected chi connectivity index (χ3v) is 1.57. The quantitative estimate of drug-likeness (QED) is 0.642. The molecule has 1 radical (unpaired) electrons. The van der Waals surface area contributed by atoms with Crippen molar-refractivity contribution in [3.05, 3.63) is 18.5 Å². The van der Waals surface area contributed by atoms with Crippen LogP contribution in [0.25, 0.3) is 0 Å². The van der Waals surface area contributed by atoms with Crippen molar-refractivity contribution >= 4 is 0 Å². The van der Waals surface area contributed by atoms with Gasteiger partial charge in [0.05, 0.1) is 11.7 Å². The summed E-state index contributed by atoms with van der Waals surface area (Å²) in [6.07, 6.45) is 3.43. The van der Waals surface area contributed by atoms with E-state index in [1.165, 1.54) is 0 Å². The van der Waals surface area contributed by atoms with Crippen molar-refractivity contribution in [3.8, 4) is 0 Å². The molecule has 0 fully saturated rings. The molecule has 0 aliphatic heterocycles. The van der Waals surface area contributed by atoms with Crippen molar-refractivity contribution in [1.29, 1.82) is 0 Å². The summed E-state index contributed by atoms with van der Waals surface area (Å²) < 4.78 is 1.81. The van der Waals surface area contributed by atoms with E-state index in [0.717, 1.165) is 0 Å². The summed E-state index contributed by atoms with van der Waals surface area (Å²) in [5.41, 5.74) is 5.44. The van der Waals surface area contributed by atoms with Crippen LogP contribution in [0.2, 0.25) is 0 Å². The van der Waals surface area contributed by atoms with E-state index in [4.69, 9.17) is 5.73 Å². The third kappa shape index (κ3) is 1.19. The second-order valence-electron chi connectivity index (χ2n) is 2.90. The molecule has 55 valence electrons. The molecule has 0 bridgehead atoms. The highest BCUT2D eigenvalue weighted by atomic mass is 15.3.